The average molecular weight is 325 g/mol. The highest BCUT2D eigenvalue weighted by Crippen LogP contribution is 2.16. The minimum absolute atomic E-state index is 0.0888. The SMILES string of the molecule is Cc1ccc(C)c(NC(=O)CCC(=O)OCCc2ccccc2)c1. The van der Waals surface area contributed by atoms with Crippen molar-refractivity contribution in [1.82, 2.24) is 0 Å². The van der Waals surface area contributed by atoms with Gasteiger partial charge in [0.05, 0.1) is 13.0 Å². The number of carbonyl (C=O) groups excluding carboxylic acids is 2. The van der Waals surface area contributed by atoms with Crippen LogP contribution in [-0.4, -0.2) is 18.5 Å². The van der Waals surface area contributed by atoms with Crippen molar-refractivity contribution in [3.05, 3.63) is 65.2 Å². The molecule has 0 atom stereocenters. The fourth-order valence-corrected chi connectivity index (χ4v) is 2.30. The number of ether oxygens (including phenoxy) is 1. The smallest absolute Gasteiger partial charge is 0.306 e. The Balaban J connectivity index is 1.69. The zero-order chi connectivity index (χ0) is 17.4. The molecule has 0 unspecified atom stereocenters. The van der Waals surface area contributed by atoms with Crippen LogP contribution in [0.2, 0.25) is 0 Å². The third-order valence-corrected chi connectivity index (χ3v) is 3.72. The van der Waals surface area contributed by atoms with E-state index in [-0.39, 0.29) is 24.7 Å². The molecule has 2 aromatic rings. The highest BCUT2D eigenvalue weighted by Gasteiger charge is 2.09. The van der Waals surface area contributed by atoms with Gasteiger partial charge in [-0.05, 0) is 36.6 Å². The number of benzene rings is 2. The van der Waals surface area contributed by atoms with Gasteiger partial charge in [-0.1, -0.05) is 42.5 Å². The van der Waals surface area contributed by atoms with Crippen LogP contribution < -0.4 is 5.32 Å². The molecule has 126 valence electrons. The van der Waals surface area contributed by atoms with Crippen molar-refractivity contribution in [2.24, 2.45) is 0 Å². The van der Waals surface area contributed by atoms with E-state index in [1.54, 1.807) is 0 Å². The first-order chi connectivity index (χ1) is 11.5. The number of amides is 1. The Hall–Kier alpha value is -2.62. The minimum atomic E-state index is -0.345. The normalized spacial score (nSPS) is 10.2. The topological polar surface area (TPSA) is 55.4 Å². The van der Waals surface area contributed by atoms with Crippen molar-refractivity contribution in [1.29, 1.82) is 0 Å². The number of esters is 1. The van der Waals surface area contributed by atoms with Gasteiger partial charge in [-0.2, -0.15) is 0 Å². The largest absolute Gasteiger partial charge is 0.465 e. The Bertz CT molecular complexity index is 695. The summed E-state index contributed by atoms with van der Waals surface area (Å²) in [4.78, 5) is 23.7. The van der Waals surface area contributed by atoms with Crippen molar-refractivity contribution in [3.63, 3.8) is 0 Å². The third-order valence-electron chi connectivity index (χ3n) is 3.72. The van der Waals surface area contributed by atoms with Gasteiger partial charge < -0.3 is 10.1 Å². The van der Waals surface area contributed by atoms with Gasteiger partial charge in [0.1, 0.15) is 0 Å². The molecule has 0 radical (unpaired) electrons. The van der Waals surface area contributed by atoms with Gasteiger partial charge >= 0.3 is 5.97 Å². The lowest BCUT2D eigenvalue weighted by Crippen LogP contribution is -2.16. The zero-order valence-electron chi connectivity index (χ0n) is 14.2. The molecule has 4 nitrogen and oxygen atoms in total. The number of rotatable bonds is 7. The number of nitrogens with one attached hydrogen (secondary N) is 1. The van der Waals surface area contributed by atoms with Crippen molar-refractivity contribution >= 4 is 17.6 Å². The maximum atomic E-state index is 12.0. The molecule has 0 heterocycles. The molecule has 1 N–H and O–H groups in total. The standard InChI is InChI=1S/C20H23NO3/c1-15-8-9-16(2)18(14-15)21-19(22)10-11-20(23)24-13-12-17-6-4-3-5-7-17/h3-9,14H,10-13H2,1-2H3,(H,21,22). The van der Waals surface area contributed by atoms with Crippen LogP contribution in [0.3, 0.4) is 0 Å². The predicted molar refractivity (Wildman–Crippen MR) is 94.9 cm³/mol. The Morgan fingerprint density at radius 3 is 2.50 bits per heavy atom. The summed E-state index contributed by atoms with van der Waals surface area (Å²) in [7, 11) is 0. The summed E-state index contributed by atoms with van der Waals surface area (Å²) in [5.74, 6) is -0.522. The summed E-state index contributed by atoms with van der Waals surface area (Å²) in [6.45, 7) is 4.24. The summed E-state index contributed by atoms with van der Waals surface area (Å²) >= 11 is 0. The fourth-order valence-electron chi connectivity index (χ4n) is 2.30. The first-order valence-corrected chi connectivity index (χ1v) is 8.11. The van der Waals surface area contributed by atoms with Gasteiger partial charge in [0.15, 0.2) is 0 Å². The van der Waals surface area contributed by atoms with E-state index in [2.05, 4.69) is 5.32 Å². The molecule has 0 aromatic heterocycles. The number of carbonyl (C=O) groups is 2. The number of anilines is 1. The summed E-state index contributed by atoms with van der Waals surface area (Å²) in [5.41, 5.74) is 3.99. The van der Waals surface area contributed by atoms with E-state index in [0.29, 0.717) is 13.0 Å². The quantitative estimate of drug-likeness (QED) is 0.788. The number of aryl methyl sites for hydroxylation is 2. The molecule has 1 amide bonds. The molecule has 0 spiro atoms. The van der Waals surface area contributed by atoms with Crippen LogP contribution in [0.15, 0.2) is 48.5 Å². The van der Waals surface area contributed by atoms with E-state index < -0.39 is 0 Å². The van der Waals surface area contributed by atoms with E-state index in [0.717, 1.165) is 22.4 Å². The maximum absolute atomic E-state index is 12.0. The molecule has 2 rings (SSSR count). The van der Waals surface area contributed by atoms with E-state index in [4.69, 9.17) is 4.74 Å². The summed E-state index contributed by atoms with van der Waals surface area (Å²) in [6, 6.07) is 15.7. The van der Waals surface area contributed by atoms with Crippen LogP contribution in [0.5, 0.6) is 0 Å². The molecule has 0 bridgehead atoms. The van der Waals surface area contributed by atoms with E-state index in [1.165, 1.54) is 0 Å². The van der Waals surface area contributed by atoms with Crippen LogP contribution in [0.25, 0.3) is 0 Å². The molecule has 2 aromatic carbocycles. The minimum Gasteiger partial charge on any atom is -0.465 e. The second-order valence-corrected chi connectivity index (χ2v) is 5.82. The third kappa shape index (κ3) is 5.88. The van der Waals surface area contributed by atoms with Crippen LogP contribution in [-0.2, 0) is 20.7 Å². The Morgan fingerprint density at radius 1 is 1.00 bits per heavy atom. The molecular weight excluding hydrogens is 302 g/mol. The van der Waals surface area contributed by atoms with Crippen LogP contribution >= 0.6 is 0 Å². The molecule has 0 fully saturated rings. The van der Waals surface area contributed by atoms with Gasteiger partial charge in [0, 0.05) is 18.5 Å². The van der Waals surface area contributed by atoms with Gasteiger partial charge in [-0.25, -0.2) is 0 Å². The van der Waals surface area contributed by atoms with Gasteiger partial charge in [0.2, 0.25) is 5.91 Å². The summed E-state index contributed by atoms with van der Waals surface area (Å²) in [6.07, 6.45) is 0.893. The number of hydrogen-bond acceptors (Lipinski definition) is 3. The van der Waals surface area contributed by atoms with Crippen LogP contribution in [0.4, 0.5) is 5.69 Å². The lowest BCUT2D eigenvalue weighted by molar-refractivity contribution is -0.144. The van der Waals surface area contributed by atoms with Crippen molar-refractivity contribution in [2.45, 2.75) is 33.1 Å². The molecule has 0 aliphatic rings. The van der Waals surface area contributed by atoms with E-state index >= 15 is 0 Å². The first-order valence-electron chi connectivity index (χ1n) is 8.11. The summed E-state index contributed by atoms with van der Waals surface area (Å²) < 4.78 is 5.17. The summed E-state index contributed by atoms with van der Waals surface area (Å²) in [5, 5.41) is 2.84. The van der Waals surface area contributed by atoms with Crippen LogP contribution in [0.1, 0.15) is 29.5 Å². The Morgan fingerprint density at radius 2 is 1.75 bits per heavy atom. The molecule has 0 aliphatic heterocycles. The van der Waals surface area contributed by atoms with E-state index in [1.807, 2.05) is 62.4 Å². The van der Waals surface area contributed by atoms with Crippen molar-refractivity contribution in [2.75, 3.05) is 11.9 Å². The predicted octanol–water partition coefficient (Wildman–Crippen LogP) is 3.81. The number of hydrogen-bond donors (Lipinski definition) is 1. The highest BCUT2D eigenvalue weighted by atomic mass is 16.5. The second kappa shape index (κ2) is 8.87. The van der Waals surface area contributed by atoms with E-state index in [9.17, 15) is 9.59 Å². The highest BCUT2D eigenvalue weighted by molar-refractivity contribution is 5.93. The Labute approximate surface area is 142 Å². The first kappa shape index (κ1) is 17.7. The maximum Gasteiger partial charge on any atom is 0.306 e. The fraction of sp³-hybridized carbons (Fsp3) is 0.300. The zero-order valence-corrected chi connectivity index (χ0v) is 14.2. The second-order valence-electron chi connectivity index (χ2n) is 5.82. The molecular formula is C20H23NO3. The average Bonchev–Trinajstić information content (AvgIpc) is 2.57. The lowest BCUT2D eigenvalue weighted by Gasteiger charge is -2.09. The molecule has 0 saturated heterocycles. The van der Waals surface area contributed by atoms with Crippen molar-refractivity contribution in [3.8, 4) is 0 Å². The molecule has 24 heavy (non-hydrogen) atoms. The molecule has 0 saturated carbocycles. The monoisotopic (exact) mass is 325 g/mol. The van der Waals surface area contributed by atoms with Gasteiger partial charge in [-0.15, -0.1) is 0 Å². The molecule has 4 heteroatoms. The molecule has 0 aliphatic carbocycles. The van der Waals surface area contributed by atoms with Gasteiger partial charge in [0.25, 0.3) is 0 Å². The Kier molecular flexibility index (Phi) is 6.55. The lowest BCUT2D eigenvalue weighted by atomic mass is 10.1. The van der Waals surface area contributed by atoms with Crippen LogP contribution in [0, 0.1) is 13.8 Å². The van der Waals surface area contributed by atoms with Crippen molar-refractivity contribution < 1.29 is 14.3 Å². The van der Waals surface area contributed by atoms with Gasteiger partial charge in [-0.3, -0.25) is 9.59 Å².